The molecule has 0 aromatic carbocycles. The molecule has 2 aliphatic rings. The Morgan fingerprint density at radius 3 is 1.38 bits per heavy atom. The minimum Gasteiger partial charge on any atom is -0.299 e. The Morgan fingerprint density at radius 1 is 0.615 bits per heavy atom. The molecule has 0 spiro atoms. The molecule has 2 aliphatic carbocycles. The monoisotopic (exact) mass is 362 g/mol. The fraction of sp³-hybridized carbons (Fsp3) is 0.818. The first-order chi connectivity index (χ1) is 12.6. The standard InChI is InChI=1S/C22H34O4/c23-19(17-11-7-9-15-21(17)25)13-5-3-1-2-4-6-14-20(24)18-12-8-10-16-22(18)26/h17-18H,1-16H2. The van der Waals surface area contributed by atoms with E-state index in [-0.39, 0.29) is 35.0 Å². The quantitative estimate of drug-likeness (QED) is 0.392. The first-order valence-electron chi connectivity index (χ1n) is 10.7. The van der Waals surface area contributed by atoms with Crippen LogP contribution < -0.4 is 0 Å². The van der Waals surface area contributed by atoms with E-state index in [2.05, 4.69) is 0 Å². The van der Waals surface area contributed by atoms with Gasteiger partial charge in [-0.25, -0.2) is 0 Å². The zero-order valence-corrected chi connectivity index (χ0v) is 16.1. The number of Topliss-reactive ketones (excluding diaryl/α,β-unsaturated/α-hetero) is 4. The molecule has 0 amide bonds. The molecule has 0 aromatic heterocycles. The van der Waals surface area contributed by atoms with E-state index in [1.807, 2.05) is 0 Å². The summed E-state index contributed by atoms with van der Waals surface area (Å²) in [5.74, 6) is -0.00542. The van der Waals surface area contributed by atoms with Gasteiger partial charge in [0.15, 0.2) is 0 Å². The van der Waals surface area contributed by atoms with Gasteiger partial charge in [-0.05, 0) is 38.5 Å². The van der Waals surface area contributed by atoms with Crippen LogP contribution in [0.5, 0.6) is 0 Å². The smallest absolute Gasteiger partial charge is 0.143 e. The molecule has 4 heteroatoms. The minimum atomic E-state index is -0.308. The van der Waals surface area contributed by atoms with Crippen LogP contribution in [-0.4, -0.2) is 23.1 Å². The average Bonchev–Trinajstić information content (AvgIpc) is 2.64. The largest absolute Gasteiger partial charge is 0.299 e. The van der Waals surface area contributed by atoms with Crippen LogP contribution in [0.25, 0.3) is 0 Å². The highest BCUT2D eigenvalue weighted by atomic mass is 16.2. The second kappa shape index (κ2) is 11.4. The summed E-state index contributed by atoms with van der Waals surface area (Å²) in [5.41, 5.74) is 0. The third-order valence-electron chi connectivity index (χ3n) is 5.98. The van der Waals surface area contributed by atoms with Gasteiger partial charge in [0.2, 0.25) is 0 Å². The summed E-state index contributed by atoms with van der Waals surface area (Å²) in [6, 6.07) is 0. The maximum absolute atomic E-state index is 12.1. The molecule has 2 unspecified atom stereocenters. The lowest BCUT2D eigenvalue weighted by atomic mass is 9.83. The molecule has 0 aromatic rings. The highest BCUT2D eigenvalue weighted by molar-refractivity contribution is 6.03. The fourth-order valence-corrected chi connectivity index (χ4v) is 4.30. The van der Waals surface area contributed by atoms with E-state index in [1.54, 1.807) is 0 Å². The molecule has 0 heterocycles. The summed E-state index contributed by atoms with van der Waals surface area (Å²) in [7, 11) is 0. The van der Waals surface area contributed by atoms with Crippen molar-refractivity contribution in [3.05, 3.63) is 0 Å². The highest BCUT2D eigenvalue weighted by Gasteiger charge is 2.28. The molecule has 2 fully saturated rings. The third kappa shape index (κ3) is 6.77. The maximum atomic E-state index is 12.1. The van der Waals surface area contributed by atoms with Crippen LogP contribution in [0.4, 0.5) is 0 Å². The van der Waals surface area contributed by atoms with Crippen LogP contribution in [-0.2, 0) is 19.2 Å². The normalized spacial score (nSPS) is 23.8. The van der Waals surface area contributed by atoms with Gasteiger partial charge < -0.3 is 0 Å². The molecule has 26 heavy (non-hydrogen) atoms. The zero-order chi connectivity index (χ0) is 18.8. The van der Waals surface area contributed by atoms with Crippen molar-refractivity contribution in [1.82, 2.24) is 0 Å². The lowest BCUT2D eigenvalue weighted by molar-refractivity contribution is -0.136. The summed E-state index contributed by atoms with van der Waals surface area (Å²) >= 11 is 0. The van der Waals surface area contributed by atoms with Crippen LogP contribution in [0.3, 0.4) is 0 Å². The Morgan fingerprint density at radius 2 is 1.00 bits per heavy atom. The van der Waals surface area contributed by atoms with Gasteiger partial charge in [-0.2, -0.15) is 0 Å². The first-order valence-corrected chi connectivity index (χ1v) is 10.7. The lowest BCUT2D eigenvalue weighted by Crippen LogP contribution is -2.27. The number of hydrogen-bond acceptors (Lipinski definition) is 4. The average molecular weight is 363 g/mol. The van der Waals surface area contributed by atoms with Gasteiger partial charge in [-0.3, -0.25) is 19.2 Å². The number of carbonyl (C=O) groups is 4. The van der Waals surface area contributed by atoms with E-state index < -0.39 is 0 Å². The first kappa shape index (κ1) is 21.0. The molecule has 2 atom stereocenters. The molecule has 2 saturated carbocycles. The van der Waals surface area contributed by atoms with Gasteiger partial charge in [0, 0.05) is 25.7 Å². The highest BCUT2D eigenvalue weighted by Crippen LogP contribution is 2.24. The Labute approximate surface area is 157 Å². The molecule has 0 N–H and O–H groups in total. The molecule has 2 rings (SSSR count). The molecular formula is C22H34O4. The van der Waals surface area contributed by atoms with E-state index in [0.29, 0.717) is 25.7 Å². The van der Waals surface area contributed by atoms with E-state index in [1.165, 1.54) is 0 Å². The summed E-state index contributed by atoms with van der Waals surface area (Å²) in [4.78, 5) is 47.7. The third-order valence-corrected chi connectivity index (χ3v) is 5.98. The van der Waals surface area contributed by atoms with Crippen molar-refractivity contribution in [3.63, 3.8) is 0 Å². The Kier molecular flexibility index (Phi) is 9.21. The van der Waals surface area contributed by atoms with E-state index in [4.69, 9.17) is 0 Å². The molecule has 0 radical (unpaired) electrons. The van der Waals surface area contributed by atoms with E-state index in [0.717, 1.165) is 77.0 Å². The Bertz CT molecular complexity index is 462. The molecule has 4 nitrogen and oxygen atoms in total. The number of unbranched alkanes of at least 4 members (excludes halogenated alkanes) is 5. The lowest BCUT2D eigenvalue weighted by Gasteiger charge is -2.19. The minimum absolute atomic E-state index is 0.150. The zero-order valence-electron chi connectivity index (χ0n) is 16.1. The van der Waals surface area contributed by atoms with Gasteiger partial charge in [-0.15, -0.1) is 0 Å². The predicted molar refractivity (Wildman–Crippen MR) is 101 cm³/mol. The predicted octanol–water partition coefficient (Wildman–Crippen LogP) is 4.76. The number of carbonyl (C=O) groups excluding carboxylic acids is 4. The number of ketones is 4. The van der Waals surface area contributed by atoms with E-state index >= 15 is 0 Å². The van der Waals surface area contributed by atoms with Crippen LogP contribution in [0.1, 0.15) is 103 Å². The van der Waals surface area contributed by atoms with Crippen molar-refractivity contribution in [2.24, 2.45) is 11.8 Å². The van der Waals surface area contributed by atoms with Crippen LogP contribution in [0.2, 0.25) is 0 Å². The van der Waals surface area contributed by atoms with Crippen LogP contribution >= 0.6 is 0 Å². The molecule has 0 saturated heterocycles. The van der Waals surface area contributed by atoms with Crippen LogP contribution in [0.15, 0.2) is 0 Å². The van der Waals surface area contributed by atoms with Crippen molar-refractivity contribution in [1.29, 1.82) is 0 Å². The summed E-state index contributed by atoms with van der Waals surface area (Å²) in [6.45, 7) is 0. The Hall–Kier alpha value is -1.32. The maximum Gasteiger partial charge on any atom is 0.143 e. The van der Waals surface area contributed by atoms with Crippen molar-refractivity contribution >= 4 is 23.1 Å². The number of rotatable bonds is 11. The van der Waals surface area contributed by atoms with Gasteiger partial charge >= 0.3 is 0 Å². The molecule has 0 aliphatic heterocycles. The van der Waals surface area contributed by atoms with E-state index in [9.17, 15) is 19.2 Å². The topological polar surface area (TPSA) is 68.3 Å². The summed E-state index contributed by atoms with van der Waals surface area (Å²) in [6.07, 6.45) is 13.6. The van der Waals surface area contributed by atoms with Crippen LogP contribution in [0, 0.1) is 11.8 Å². The van der Waals surface area contributed by atoms with Crippen molar-refractivity contribution in [3.8, 4) is 0 Å². The molecule has 0 bridgehead atoms. The Balaban J connectivity index is 1.46. The second-order valence-electron chi connectivity index (χ2n) is 8.08. The van der Waals surface area contributed by atoms with Gasteiger partial charge in [0.1, 0.15) is 23.1 Å². The number of hydrogen-bond donors (Lipinski definition) is 0. The van der Waals surface area contributed by atoms with Gasteiger partial charge in [0.25, 0.3) is 0 Å². The SMILES string of the molecule is O=C(CCCCCCCCC(=O)C1CCCCC1=O)C1CCCCC1=O. The van der Waals surface area contributed by atoms with Crippen molar-refractivity contribution in [2.75, 3.05) is 0 Å². The van der Waals surface area contributed by atoms with Crippen molar-refractivity contribution in [2.45, 2.75) is 103 Å². The summed E-state index contributed by atoms with van der Waals surface area (Å²) < 4.78 is 0. The van der Waals surface area contributed by atoms with Crippen molar-refractivity contribution < 1.29 is 19.2 Å². The second-order valence-corrected chi connectivity index (χ2v) is 8.08. The van der Waals surface area contributed by atoms with Gasteiger partial charge in [0.05, 0.1) is 11.8 Å². The molecular weight excluding hydrogens is 328 g/mol. The van der Waals surface area contributed by atoms with Gasteiger partial charge in [-0.1, -0.05) is 38.5 Å². The summed E-state index contributed by atoms with van der Waals surface area (Å²) in [5, 5.41) is 0. The molecule has 146 valence electrons. The fourth-order valence-electron chi connectivity index (χ4n) is 4.30.